The van der Waals surface area contributed by atoms with Crippen LogP contribution in [0.5, 0.6) is 5.75 Å². The molecule has 1 amide bonds. The van der Waals surface area contributed by atoms with Gasteiger partial charge in [-0.3, -0.25) is 4.79 Å². The van der Waals surface area contributed by atoms with Gasteiger partial charge < -0.3 is 20.1 Å². The Kier molecular flexibility index (Phi) is 5.91. The van der Waals surface area contributed by atoms with Crippen LogP contribution in [0.3, 0.4) is 0 Å². The summed E-state index contributed by atoms with van der Waals surface area (Å²) in [4.78, 5) is 26.6. The van der Waals surface area contributed by atoms with Gasteiger partial charge in [0.05, 0.1) is 5.69 Å². The molecule has 3 aromatic rings. The number of aromatic carboxylic acids is 1. The lowest BCUT2D eigenvalue weighted by Gasteiger charge is -2.07. The van der Waals surface area contributed by atoms with Crippen molar-refractivity contribution < 1.29 is 19.4 Å². The highest BCUT2D eigenvalue weighted by Gasteiger charge is 2.19. The van der Waals surface area contributed by atoms with Crippen molar-refractivity contribution in [2.45, 2.75) is 13.5 Å². The zero-order chi connectivity index (χ0) is 19.9. The van der Waals surface area contributed by atoms with E-state index in [0.29, 0.717) is 22.7 Å². The van der Waals surface area contributed by atoms with Gasteiger partial charge in [-0.25, -0.2) is 4.79 Å². The van der Waals surface area contributed by atoms with E-state index in [1.54, 1.807) is 19.1 Å². The Morgan fingerprint density at radius 3 is 2.36 bits per heavy atom. The van der Waals surface area contributed by atoms with Crippen molar-refractivity contribution in [1.82, 2.24) is 4.98 Å². The van der Waals surface area contributed by atoms with Crippen molar-refractivity contribution in [2.24, 2.45) is 0 Å². The average molecular weight is 376 g/mol. The summed E-state index contributed by atoms with van der Waals surface area (Å²) < 4.78 is 5.86. The van der Waals surface area contributed by atoms with E-state index in [1.807, 2.05) is 48.5 Å². The van der Waals surface area contributed by atoms with Gasteiger partial charge in [-0.2, -0.15) is 0 Å². The largest absolute Gasteiger partial charge is 0.486 e. The van der Waals surface area contributed by atoms with E-state index < -0.39 is 5.97 Å². The highest BCUT2D eigenvalue weighted by molar-refractivity contribution is 6.03. The molecule has 0 spiro atoms. The van der Waals surface area contributed by atoms with E-state index in [4.69, 9.17) is 4.74 Å². The van der Waals surface area contributed by atoms with Gasteiger partial charge in [0.1, 0.15) is 18.1 Å². The third-order valence-electron chi connectivity index (χ3n) is 4.05. The second kappa shape index (κ2) is 8.73. The van der Waals surface area contributed by atoms with Crippen LogP contribution in [0.15, 0.2) is 66.7 Å². The SMILES string of the molecule is Cc1[nH]c(C(=O)O)c(/C=C/C(=O)Nc2ccccc2)c1OCc1ccccc1. The fourth-order valence-electron chi connectivity index (χ4n) is 2.73. The van der Waals surface area contributed by atoms with E-state index in [9.17, 15) is 14.7 Å². The maximum atomic E-state index is 12.2. The molecule has 0 radical (unpaired) electrons. The van der Waals surface area contributed by atoms with E-state index >= 15 is 0 Å². The van der Waals surface area contributed by atoms with Crippen LogP contribution in [0.1, 0.15) is 27.3 Å². The number of benzene rings is 2. The number of carboxylic acid groups (broad SMARTS) is 1. The summed E-state index contributed by atoms with van der Waals surface area (Å²) in [6.07, 6.45) is 2.74. The Balaban J connectivity index is 1.81. The summed E-state index contributed by atoms with van der Waals surface area (Å²) >= 11 is 0. The van der Waals surface area contributed by atoms with Gasteiger partial charge in [0.15, 0.2) is 0 Å². The lowest BCUT2D eigenvalue weighted by molar-refractivity contribution is -0.111. The smallest absolute Gasteiger partial charge is 0.353 e. The number of hydrogen-bond donors (Lipinski definition) is 3. The zero-order valence-electron chi connectivity index (χ0n) is 15.3. The lowest BCUT2D eigenvalue weighted by atomic mass is 10.2. The van der Waals surface area contributed by atoms with Crippen LogP contribution >= 0.6 is 0 Å². The molecule has 0 aliphatic carbocycles. The number of aromatic amines is 1. The average Bonchev–Trinajstić information content (AvgIpc) is 3.02. The molecule has 2 aromatic carbocycles. The quantitative estimate of drug-likeness (QED) is 0.538. The number of rotatable bonds is 7. The molecule has 0 unspecified atom stereocenters. The van der Waals surface area contributed by atoms with Crippen LogP contribution in [0.4, 0.5) is 5.69 Å². The molecule has 0 bridgehead atoms. The minimum absolute atomic E-state index is 0.0238. The van der Waals surface area contributed by atoms with Gasteiger partial charge in [-0.15, -0.1) is 0 Å². The topological polar surface area (TPSA) is 91.4 Å². The Labute approximate surface area is 162 Å². The first kappa shape index (κ1) is 19.0. The monoisotopic (exact) mass is 376 g/mol. The van der Waals surface area contributed by atoms with Gasteiger partial charge in [0.2, 0.25) is 5.91 Å². The summed E-state index contributed by atoms with van der Waals surface area (Å²) in [5, 5.41) is 12.2. The molecule has 0 saturated carbocycles. The number of amides is 1. The molecule has 0 fully saturated rings. The minimum atomic E-state index is -1.12. The normalized spacial score (nSPS) is 10.8. The maximum absolute atomic E-state index is 12.2. The molecule has 1 aromatic heterocycles. The van der Waals surface area contributed by atoms with Gasteiger partial charge in [-0.05, 0) is 30.7 Å². The number of carbonyl (C=O) groups is 2. The van der Waals surface area contributed by atoms with E-state index in [-0.39, 0.29) is 18.2 Å². The zero-order valence-corrected chi connectivity index (χ0v) is 15.3. The second-order valence-corrected chi connectivity index (χ2v) is 6.14. The molecule has 0 atom stereocenters. The van der Waals surface area contributed by atoms with Crippen LogP contribution in [-0.4, -0.2) is 22.0 Å². The number of aryl methyl sites for hydroxylation is 1. The van der Waals surface area contributed by atoms with Gasteiger partial charge in [0.25, 0.3) is 0 Å². The van der Waals surface area contributed by atoms with E-state index in [2.05, 4.69) is 10.3 Å². The van der Waals surface area contributed by atoms with Crippen molar-refractivity contribution in [3.8, 4) is 5.75 Å². The Hall–Kier alpha value is -3.80. The van der Waals surface area contributed by atoms with Crippen molar-refractivity contribution in [3.05, 3.63) is 89.3 Å². The van der Waals surface area contributed by atoms with Crippen LogP contribution < -0.4 is 10.1 Å². The molecular weight excluding hydrogens is 356 g/mol. The fourth-order valence-corrected chi connectivity index (χ4v) is 2.73. The van der Waals surface area contributed by atoms with Crippen molar-refractivity contribution in [3.63, 3.8) is 0 Å². The fraction of sp³-hybridized carbons (Fsp3) is 0.0909. The summed E-state index contributed by atoms with van der Waals surface area (Å²) in [5.74, 6) is -1.08. The van der Waals surface area contributed by atoms with Crippen molar-refractivity contribution in [2.75, 3.05) is 5.32 Å². The van der Waals surface area contributed by atoms with Crippen LogP contribution in [0, 0.1) is 6.92 Å². The molecule has 6 heteroatoms. The highest BCUT2D eigenvalue weighted by atomic mass is 16.5. The first-order chi connectivity index (χ1) is 13.5. The minimum Gasteiger partial charge on any atom is -0.486 e. The molecular formula is C22H20N2O4. The van der Waals surface area contributed by atoms with E-state index in [1.165, 1.54) is 12.2 Å². The van der Waals surface area contributed by atoms with Crippen LogP contribution in [0.2, 0.25) is 0 Å². The maximum Gasteiger partial charge on any atom is 0.353 e. The number of para-hydroxylation sites is 1. The predicted molar refractivity (Wildman–Crippen MR) is 107 cm³/mol. The number of hydrogen-bond acceptors (Lipinski definition) is 3. The Morgan fingerprint density at radius 2 is 1.71 bits per heavy atom. The Bertz CT molecular complexity index is 992. The number of carboxylic acids is 1. The highest BCUT2D eigenvalue weighted by Crippen LogP contribution is 2.29. The van der Waals surface area contributed by atoms with Gasteiger partial charge in [0, 0.05) is 17.3 Å². The van der Waals surface area contributed by atoms with E-state index in [0.717, 1.165) is 5.56 Å². The number of H-pyrrole nitrogens is 1. The summed E-state index contributed by atoms with van der Waals surface area (Å²) in [6.45, 7) is 2.02. The van der Waals surface area contributed by atoms with Crippen molar-refractivity contribution in [1.29, 1.82) is 0 Å². The summed E-state index contributed by atoms with van der Waals surface area (Å²) in [6, 6.07) is 18.6. The summed E-state index contributed by atoms with van der Waals surface area (Å²) in [5.41, 5.74) is 2.49. The number of aromatic nitrogens is 1. The molecule has 3 N–H and O–H groups in total. The molecule has 6 nitrogen and oxygen atoms in total. The number of carbonyl (C=O) groups excluding carboxylic acids is 1. The molecule has 1 heterocycles. The third-order valence-corrected chi connectivity index (χ3v) is 4.05. The molecule has 0 aliphatic rings. The second-order valence-electron chi connectivity index (χ2n) is 6.14. The molecule has 0 aliphatic heterocycles. The number of nitrogens with one attached hydrogen (secondary N) is 2. The predicted octanol–water partition coefficient (Wildman–Crippen LogP) is 4.25. The van der Waals surface area contributed by atoms with Crippen molar-refractivity contribution >= 4 is 23.6 Å². The first-order valence-electron chi connectivity index (χ1n) is 8.71. The first-order valence-corrected chi connectivity index (χ1v) is 8.71. The number of ether oxygens (including phenoxy) is 1. The van der Waals surface area contributed by atoms with Gasteiger partial charge >= 0.3 is 5.97 Å². The van der Waals surface area contributed by atoms with Crippen LogP contribution in [-0.2, 0) is 11.4 Å². The molecule has 142 valence electrons. The standard InChI is InChI=1S/C22H20N2O4/c1-15-21(28-14-16-8-4-2-5-9-16)18(20(23-15)22(26)27)12-13-19(25)24-17-10-6-3-7-11-17/h2-13,23H,14H2,1H3,(H,24,25)(H,26,27)/b13-12+. The lowest BCUT2D eigenvalue weighted by Crippen LogP contribution is -2.07. The molecule has 28 heavy (non-hydrogen) atoms. The van der Waals surface area contributed by atoms with Crippen LogP contribution in [0.25, 0.3) is 6.08 Å². The molecule has 0 saturated heterocycles. The molecule has 3 rings (SSSR count). The third kappa shape index (κ3) is 4.67. The summed E-state index contributed by atoms with van der Waals surface area (Å²) in [7, 11) is 0. The number of anilines is 1. The van der Waals surface area contributed by atoms with Gasteiger partial charge in [-0.1, -0.05) is 48.5 Å². The Morgan fingerprint density at radius 1 is 1.07 bits per heavy atom.